The molecule has 0 aliphatic heterocycles. The molecular weight excluding hydrogens is 212 g/mol. The highest BCUT2D eigenvalue weighted by Gasteiger charge is 1.97. The Balaban J connectivity index is 2.46. The van der Waals surface area contributed by atoms with Gasteiger partial charge in [-0.25, -0.2) is 0 Å². The van der Waals surface area contributed by atoms with Crippen LogP contribution in [0.2, 0.25) is 0 Å². The molecule has 15 heavy (non-hydrogen) atoms. The van der Waals surface area contributed by atoms with Gasteiger partial charge < -0.3 is 10.1 Å². The van der Waals surface area contributed by atoms with Crippen molar-refractivity contribution < 1.29 is 8.95 Å². The van der Waals surface area contributed by atoms with Crippen LogP contribution in [-0.2, 0) is 10.8 Å². The van der Waals surface area contributed by atoms with Crippen LogP contribution >= 0.6 is 0 Å². The van der Waals surface area contributed by atoms with E-state index in [2.05, 4.69) is 10.3 Å². The van der Waals surface area contributed by atoms with Crippen LogP contribution in [0.15, 0.2) is 18.2 Å². The van der Waals surface area contributed by atoms with Crippen LogP contribution in [0.4, 0.5) is 5.82 Å². The Morgan fingerprint density at radius 1 is 1.53 bits per heavy atom. The van der Waals surface area contributed by atoms with E-state index in [9.17, 15) is 4.21 Å². The smallest absolute Gasteiger partial charge is 0.215 e. The number of anilines is 1. The first-order valence-electron chi connectivity index (χ1n) is 4.86. The van der Waals surface area contributed by atoms with Gasteiger partial charge in [0.15, 0.2) is 0 Å². The minimum atomic E-state index is -0.769. The molecule has 0 aliphatic rings. The molecule has 0 saturated carbocycles. The van der Waals surface area contributed by atoms with Crippen molar-refractivity contribution in [3.8, 4) is 5.88 Å². The summed E-state index contributed by atoms with van der Waals surface area (Å²) in [5, 5.41) is 3.09. The Labute approximate surface area is 92.5 Å². The van der Waals surface area contributed by atoms with Crippen molar-refractivity contribution >= 4 is 16.6 Å². The third-order valence-electron chi connectivity index (χ3n) is 1.71. The van der Waals surface area contributed by atoms with Crippen LogP contribution in [0.5, 0.6) is 5.88 Å². The number of aromatic nitrogens is 1. The van der Waals surface area contributed by atoms with Crippen LogP contribution in [0.25, 0.3) is 0 Å². The minimum absolute atomic E-state index is 0.607. The predicted molar refractivity (Wildman–Crippen MR) is 62.8 cm³/mol. The van der Waals surface area contributed by atoms with Gasteiger partial charge in [0.2, 0.25) is 5.88 Å². The molecule has 0 amide bonds. The Bertz CT molecular complexity index is 331. The van der Waals surface area contributed by atoms with E-state index in [0.717, 1.165) is 5.82 Å². The molecule has 1 aromatic heterocycles. The number of nitrogens with one attached hydrogen (secondary N) is 1. The molecule has 1 unspecified atom stereocenters. The van der Waals surface area contributed by atoms with Gasteiger partial charge in [-0.15, -0.1) is 0 Å². The summed E-state index contributed by atoms with van der Waals surface area (Å²) in [5.74, 6) is 1.99. The highest BCUT2D eigenvalue weighted by Crippen LogP contribution is 2.10. The molecular formula is C10H16N2O2S. The van der Waals surface area contributed by atoms with Gasteiger partial charge in [-0.2, -0.15) is 4.98 Å². The van der Waals surface area contributed by atoms with Gasteiger partial charge in [0, 0.05) is 35.4 Å². The molecule has 0 radical (unpaired) electrons. The standard InChI is InChI=1S/C10H16N2O2S/c1-3-14-10-6-4-5-9(12-10)11-7-8-15(2)13/h4-6H,3,7-8H2,1-2H3,(H,11,12). The topological polar surface area (TPSA) is 51.2 Å². The monoisotopic (exact) mass is 228 g/mol. The molecule has 4 nitrogen and oxygen atoms in total. The third-order valence-corrected chi connectivity index (χ3v) is 2.49. The van der Waals surface area contributed by atoms with Gasteiger partial charge in [-0.1, -0.05) is 6.07 Å². The lowest BCUT2D eigenvalue weighted by Gasteiger charge is -2.06. The van der Waals surface area contributed by atoms with Crippen LogP contribution < -0.4 is 10.1 Å². The first-order chi connectivity index (χ1) is 7.22. The van der Waals surface area contributed by atoms with Crippen molar-refractivity contribution in [3.05, 3.63) is 18.2 Å². The van der Waals surface area contributed by atoms with Gasteiger partial charge >= 0.3 is 0 Å². The Morgan fingerprint density at radius 2 is 2.33 bits per heavy atom. The van der Waals surface area contributed by atoms with Crippen molar-refractivity contribution in [2.24, 2.45) is 0 Å². The second-order valence-corrected chi connectivity index (χ2v) is 4.55. The molecule has 0 saturated heterocycles. The lowest BCUT2D eigenvalue weighted by Crippen LogP contribution is -2.10. The van der Waals surface area contributed by atoms with E-state index in [0.29, 0.717) is 24.8 Å². The fourth-order valence-electron chi connectivity index (χ4n) is 1.06. The number of nitrogens with zero attached hydrogens (tertiary/aromatic N) is 1. The molecule has 1 heterocycles. The van der Waals surface area contributed by atoms with E-state index in [1.807, 2.05) is 25.1 Å². The van der Waals surface area contributed by atoms with E-state index in [1.54, 1.807) is 6.26 Å². The van der Waals surface area contributed by atoms with Gasteiger partial charge in [0.25, 0.3) is 0 Å². The fraction of sp³-hybridized carbons (Fsp3) is 0.500. The molecule has 0 aromatic carbocycles. The summed E-state index contributed by atoms with van der Waals surface area (Å²) in [6.45, 7) is 3.18. The van der Waals surface area contributed by atoms with Crippen molar-refractivity contribution in [2.45, 2.75) is 6.92 Å². The molecule has 1 atom stereocenters. The predicted octanol–water partition coefficient (Wildman–Crippen LogP) is 1.27. The average Bonchev–Trinajstić information content (AvgIpc) is 2.18. The summed E-state index contributed by atoms with van der Waals surface area (Å²) < 4.78 is 16.1. The van der Waals surface area contributed by atoms with Crippen molar-refractivity contribution in [2.75, 3.05) is 30.5 Å². The highest BCUT2D eigenvalue weighted by atomic mass is 32.2. The number of pyridine rings is 1. The molecule has 1 rings (SSSR count). The van der Waals surface area contributed by atoms with Gasteiger partial charge in [-0.3, -0.25) is 4.21 Å². The zero-order chi connectivity index (χ0) is 11.1. The fourth-order valence-corrected chi connectivity index (χ4v) is 1.45. The van der Waals surface area contributed by atoms with Gasteiger partial charge in [-0.05, 0) is 13.0 Å². The molecule has 0 fully saturated rings. The number of hydrogen-bond donors (Lipinski definition) is 1. The van der Waals surface area contributed by atoms with E-state index in [1.165, 1.54) is 0 Å². The molecule has 0 aliphatic carbocycles. The summed E-state index contributed by atoms with van der Waals surface area (Å²) in [4.78, 5) is 4.23. The number of hydrogen-bond acceptors (Lipinski definition) is 4. The second kappa shape index (κ2) is 6.40. The Morgan fingerprint density at radius 3 is 3.00 bits per heavy atom. The second-order valence-electron chi connectivity index (χ2n) is 3.00. The first-order valence-corrected chi connectivity index (χ1v) is 6.59. The molecule has 1 N–H and O–H groups in total. The lowest BCUT2D eigenvalue weighted by atomic mass is 10.4. The van der Waals surface area contributed by atoms with Crippen LogP contribution in [0.3, 0.4) is 0 Å². The first kappa shape index (κ1) is 12.0. The van der Waals surface area contributed by atoms with Crippen LogP contribution in [0, 0.1) is 0 Å². The molecule has 0 bridgehead atoms. The molecule has 5 heteroatoms. The van der Waals surface area contributed by atoms with Crippen molar-refractivity contribution in [1.82, 2.24) is 4.98 Å². The van der Waals surface area contributed by atoms with Gasteiger partial charge in [0.1, 0.15) is 5.82 Å². The van der Waals surface area contributed by atoms with Gasteiger partial charge in [0.05, 0.1) is 6.61 Å². The summed E-state index contributed by atoms with van der Waals surface area (Å²) in [5.41, 5.74) is 0. The zero-order valence-electron chi connectivity index (χ0n) is 9.03. The SMILES string of the molecule is CCOc1cccc(NCCS(C)=O)n1. The molecule has 84 valence electrons. The van der Waals surface area contributed by atoms with E-state index < -0.39 is 10.8 Å². The summed E-state index contributed by atoms with van der Waals surface area (Å²) >= 11 is 0. The number of ether oxygens (including phenoxy) is 1. The van der Waals surface area contributed by atoms with Crippen LogP contribution in [-0.4, -0.2) is 34.4 Å². The summed E-state index contributed by atoms with van der Waals surface area (Å²) in [6, 6.07) is 5.55. The Kier molecular flexibility index (Phi) is 5.10. The summed E-state index contributed by atoms with van der Waals surface area (Å²) in [7, 11) is -0.769. The molecule has 1 aromatic rings. The zero-order valence-corrected chi connectivity index (χ0v) is 9.84. The van der Waals surface area contributed by atoms with E-state index in [4.69, 9.17) is 4.74 Å². The summed E-state index contributed by atoms with van der Waals surface area (Å²) in [6.07, 6.45) is 1.69. The highest BCUT2D eigenvalue weighted by molar-refractivity contribution is 7.84. The lowest BCUT2D eigenvalue weighted by molar-refractivity contribution is 0.327. The van der Waals surface area contributed by atoms with E-state index >= 15 is 0 Å². The maximum Gasteiger partial charge on any atom is 0.215 e. The minimum Gasteiger partial charge on any atom is -0.478 e. The van der Waals surface area contributed by atoms with Crippen LogP contribution in [0.1, 0.15) is 6.92 Å². The third kappa shape index (κ3) is 4.78. The quantitative estimate of drug-likeness (QED) is 0.796. The maximum absolute atomic E-state index is 10.8. The van der Waals surface area contributed by atoms with E-state index in [-0.39, 0.29) is 0 Å². The Hall–Kier alpha value is -1.10. The number of rotatable bonds is 6. The van der Waals surface area contributed by atoms with Crippen molar-refractivity contribution in [3.63, 3.8) is 0 Å². The van der Waals surface area contributed by atoms with Crippen molar-refractivity contribution in [1.29, 1.82) is 0 Å². The average molecular weight is 228 g/mol. The normalized spacial score (nSPS) is 12.1. The molecule has 0 spiro atoms. The largest absolute Gasteiger partial charge is 0.478 e. The maximum atomic E-state index is 10.8.